The largest absolute Gasteiger partial charge is 0.425 e. The van der Waals surface area contributed by atoms with Crippen molar-refractivity contribution in [1.29, 1.82) is 0 Å². The normalized spacial score (nSPS) is 11.9. The Balaban J connectivity index is 2.05. The monoisotopic (exact) mass is 269 g/mol. The molecule has 1 atom stereocenters. The van der Waals surface area contributed by atoms with Gasteiger partial charge in [0, 0.05) is 0 Å². The molecule has 0 aliphatic rings. The summed E-state index contributed by atoms with van der Waals surface area (Å²) in [5.41, 5.74) is 8.82. The molecule has 0 aliphatic carbocycles. The number of hydrogen-bond donors (Lipinski definition) is 1. The number of para-hydroxylation sites is 1. The van der Waals surface area contributed by atoms with Crippen molar-refractivity contribution in [1.82, 2.24) is 0 Å². The summed E-state index contributed by atoms with van der Waals surface area (Å²) in [7, 11) is 0. The second kappa shape index (κ2) is 6.35. The molecule has 0 aliphatic heterocycles. The predicted molar refractivity (Wildman–Crippen MR) is 79.7 cm³/mol. The SMILES string of the molecule is Cc1cccc(C)c1OC(=O)C(N)Cc1ccccc1. The molecule has 2 N–H and O–H groups in total. The lowest BCUT2D eigenvalue weighted by atomic mass is 10.1. The molecule has 0 radical (unpaired) electrons. The summed E-state index contributed by atoms with van der Waals surface area (Å²) >= 11 is 0. The fraction of sp³-hybridized carbons (Fsp3) is 0.235. The van der Waals surface area contributed by atoms with Crippen LogP contribution in [0.5, 0.6) is 5.75 Å². The fourth-order valence-electron chi connectivity index (χ4n) is 2.09. The summed E-state index contributed by atoms with van der Waals surface area (Å²) in [6, 6.07) is 14.8. The van der Waals surface area contributed by atoms with Crippen molar-refractivity contribution in [2.75, 3.05) is 0 Å². The third kappa shape index (κ3) is 3.45. The predicted octanol–water partition coefficient (Wildman–Crippen LogP) is 2.78. The fourth-order valence-corrected chi connectivity index (χ4v) is 2.09. The summed E-state index contributed by atoms with van der Waals surface area (Å²) < 4.78 is 5.45. The lowest BCUT2D eigenvalue weighted by Gasteiger charge is -2.14. The molecule has 0 saturated heterocycles. The number of rotatable bonds is 4. The molecule has 0 aromatic heterocycles. The Hall–Kier alpha value is -2.13. The van der Waals surface area contributed by atoms with Crippen molar-refractivity contribution in [2.24, 2.45) is 5.73 Å². The highest BCUT2D eigenvalue weighted by atomic mass is 16.5. The van der Waals surface area contributed by atoms with Gasteiger partial charge in [0.05, 0.1) is 0 Å². The van der Waals surface area contributed by atoms with Gasteiger partial charge in [0.2, 0.25) is 0 Å². The Morgan fingerprint density at radius 3 is 2.25 bits per heavy atom. The van der Waals surface area contributed by atoms with Crippen molar-refractivity contribution >= 4 is 5.97 Å². The molecule has 0 fully saturated rings. The third-order valence-electron chi connectivity index (χ3n) is 3.21. The summed E-state index contributed by atoms with van der Waals surface area (Å²) in [5, 5.41) is 0. The molecule has 2 aromatic rings. The van der Waals surface area contributed by atoms with Crippen molar-refractivity contribution in [2.45, 2.75) is 26.3 Å². The number of aryl methyl sites for hydroxylation is 2. The summed E-state index contributed by atoms with van der Waals surface area (Å²) in [6.45, 7) is 3.83. The minimum atomic E-state index is -0.656. The zero-order valence-corrected chi connectivity index (χ0v) is 11.8. The van der Waals surface area contributed by atoms with E-state index in [2.05, 4.69) is 0 Å². The van der Waals surface area contributed by atoms with Gasteiger partial charge in [0.1, 0.15) is 11.8 Å². The molecule has 1 unspecified atom stereocenters. The number of esters is 1. The zero-order chi connectivity index (χ0) is 14.5. The topological polar surface area (TPSA) is 52.3 Å². The van der Waals surface area contributed by atoms with E-state index < -0.39 is 12.0 Å². The van der Waals surface area contributed by atoms with E-state index in [4.69, 9.17) is 10.5 Å². The lowest BCUT2D eigenvalue weighted by molar-refractivity contribution is -0.135. The van der Waals surface area contributed by atoms with E-state index in [1.165, 1.54) is 0 Å². The van der Waals surface area contributed by atoms with Gasteiger partial charge < -0.3 is 10.5 Å². The summed E-state index contributed by atoms with van der Waals surface area (Å²) in [4.78, 5) is 12.1. The Kier molecular flexibility index (Phi) is 4.53. The van der Waals surface area contributed by atoms with Gasteiger partial charge in [-0.25, -0.2) is 4.79 Å². The third-order valence-corrected chi connectivity index (χ3v) is 3.21. The second-order valence-electron chi connectivity index (χ2n) is 4.94. The van der Waals surface area contributed by atoms with Crippen molar-refractivity contribution < 1.29 is 9.53 Å². The Morgan fingerprint density at radius 1 is 1.05 bits per heavy atom. The van der Waals surface area contributed by atoms with Gasteiger partial charge in [-0.3, -0.25) is 0 Å². The van der Waals surface area contributed by atoms with Crippen LogP contribution in [0.2, 0.25) is 0 Å². The maximum absolute atomic E-state index is 12.1. The van der Waals surface area contributed by atoms with Crippen molar-refractivity contribution in [3.8, 4) is 5.75 Å². The van der Waals surface area contributed by atoms with Gasteiger partial charge in [0.25, 0.3) is 0 Å². The van der Waals surface area contributed by atoms with E-state index in [0.717, 1.165) is 16.7 Å². The second-order valence-corrected chi connectivity index (χ2v) is 4.94. The number of hydrogen-bond acceptors (Lipinski definition) is 3. The van der Waals surface area contributed by atoms with Crippen LogP contribution in [-0.4, -0.2) is 12.0 Å². The van der Waals surface area contributed by atoms with Crippen molar-refractivity contribution in [3.05, 3.63) is 65.2 Å². The molecule has 2 aromatic carbocycles. The van der Waals surface area contributed by atoms with E-state index in [9.17, 15) is 4.79 Å². The van der Waals surface area contributed by atoms with Gasteiger partial charge in [-0.2, -0.15) is 0 Å². The summed E-state index contributed by atoms with van der Waals surface area (Å²) in [5.74, 6) is 0.215. The highest BCUT2D eigenvalue weighted by Crippen LogP contribution is 2.22. The van der Waals surface area contributed by atoms with Crippen LogP contribution >= 0.6 is 0 Å². The highest BCUT2D eigenvalue weighted by Gasteiger charge is 2.18. The average Bonchev–Trinajstić information content (AvgIpc) is 2.44. The molecule has 0 heterocycles. The smallest absolute Gasteiger partial charge is 0.328 e. The first-order valence-electron chi connectivity index (χ1n) is 6.65. The summed E-state index contributed by atoms with van der Waals surface area (Å²) in [6.07, 6.45) is 0.477. The number of carbonyl (C=O) groups is 1. The Bertz CT molecular complexity index is 573. The maximum atomic E-state index is 12.1. The average molecular weight is 269 g/mol. The molecule has 20 heavy (non-hydrogen) atoms. The van der Waals surface area contributed by atoms with Gasteiger partial charge in [-0.05, 0) is 37.0 Å². The number of nitrogens with two attached hydrogens (primary N) is 1. The first-order chi connectivity index (χ1) is 9.58. The first kappa shape index (κ1) is 14.3. The molecule has 0 amide bonds. The quantitative estimate of drug-likeness (QED) is 0.686. The van der Waals surface area contributed by atoms with E-state index in [0.29, 0.717) is 12.2 Å². The Morgan fingerprint density at radius 2 is 1.65 bits per heavy atom. The molecule has 3 nitrogen and oxygen atoms in total. The first-order valence-corrected chi connectivity index (χ1v) is 6.65. The van der Waals surface area contributed by atoms with Gasteiger partial charge >= 0.3 is 5.97 Å². The number of carbonyl (C=O) groups excluding carboxylic acids is 1. The molecular weight excluding hydrogens is 250 g/mol. The van der Waals surface area contributed by atoms with Gasteiger partial charge in [0.15, 0.2) is 0 Å². The maximum Gasteiger partial charge on any atom is 0.328 e. The Labute approximate surface area is 119 Å². The van der Waals surface area contributed by atoms with Crippen LogP contribution < -0.4 is 10.5 Å². The van der Waals surface area contributed by atoms with Crippen LogP contribution in [0.15, 0.2) is 48.5 Å². The molecule has 0 saturated carbocycles. The van der Waals surface area contributed by atoms with Gasteiger partial charge in [-0.1, -0.05) is 48.5 Å². The highest BCUT2D eigenvalue weighted by molar-refractivity contribution is 5.79. The van der Waals surface area contributed by atoms with Crippen LogP contribution in [0.3, 0.4) is 0 Å². The van der Waals surface area contributed by atoms with Crippen LogP contribution in [0.1, 0.15) is 16.7 Å². The van der Waals surface area contributed by atoms with Crippen molar-refractivity contribution in [3.63, 3.8) is 0 Å². The minimum Gasteiger partial charge on any atom is -0.425 e. The number of ether oxygens (including phenoxy) is 1. The van der Waals surface area contributed by atoms with Gasteiger partial charge in [-0.15, -0.1) is 0 Å². The van der Waals surface area contributed by atoms with E-state index in [-0.39, 0.29) is 0 Å². The van der Waals surface area contributed by atoms with E-state index in [1.807, 2.05) is 62.4 Å². The molecule has 3 heteroatoms. The van der Waals surface area contributed by atoms with Crippen LogP contribution in [-0.2, 0) is 11.2 Å². The van der Waals surface area contributed by atoms with Crippen LogP contribution in [0.25, 0.3) is 0 Å². The molecule has 0 spiro atoms. The minimum absolute atomic E-state index is 0.397. The van der Waals surface area contributed by atoms with E-state index >= 15 is 0 Å². The molecule has 2 rings (SSSR count). The molecule has 0 bridgehead atoms. The zero-order valence-electron chi connectivity index (χ0n) is 11.8. The lowest BCUT2D eigenvalue weighted by Crippen LogP contribution is -2.36. The van der Waals surface area contributed by atoms with Crippen LogP contribution in [0, 0.1) is 13.8 Å². The van der Waals surface area contributed by atoms with Crippen LogP contribution in [0.4, 0.5) is 0 Å². The standard InChI is InChI=1S/C17H19NO2/c1-12-7-6-8-13(2)16(12)20-17(19)15(18)11-14-9-4-3-5-10-14/h3-10,15H,11,18H2,1-2H3. The van der Waals surface area contributed by atoms with E-state index in [1.54, 1.807) is 0 Å². The molecule has 104 valence electrons. The number of benzene rings is 2. The molecular formula is C17H19NO2.